The second-order valence-corrected chi connectivity index (χ2v) is 4.95. The maximum absolute atomic E-state index is 5.60. The molecule has 1 aromatic carbocycles. The summed E-state index contributed by atoms with van der Waals surface area (Å²) in [5.74, 6) is 0.501. The van der Waals surface area contributed by atoms with E-state index in [0.29, 0.717) is 12.5 Å². The van der Waals surface area contributed by atoms with Gasteiger partial charge in [-0.2, -0.15) is 5.48 Å². The molecule has 0 saturated heterocycles. The molecule has 2 aromatic rings. The lowest BCUT2D eigenvalue weighted by Crippen LogP contribution is -2.24. The highest BCUT2D eigenvalue weighted by molar-refractivity contribution is 5.29. The Kier molecular flexibility index (Phi) is 5.07. The van der Waals surface area contributed by atoms with Gasteiger partial charge in [-0.15, -0.1) is 0 Å². The van der Waals surface area contributed by atoms with E-state index in [1.54, 1.807) is 12.4 Å². The molecule has 0 aliphatic heterocycles. The van der Waals surface area contributed by atoms with Crippen LogP contribution in [-0.4, -0.2) is 11.6 Å². The molecule has 3 heteroatoms. The summed E-state index contributed by atoms with van der Waals surface area (Å²) in [6, 6.07) is 14.3. The Morgan fingerprint density at radius 1 is 1.00 bits per heavy atom. The van der Waals surface area contributed by atoms with Gasteiger partial charge >= 0.3 is 0 Å². The van der Waals surface area contributed by atoms with Gasteiger partial charge in [-0.1, -0.05) is 44.2 Å². The van der Waals surface area contributed by atoms with Crippen LogP contribution in [0.4, 0.5) is 0 Å². The lowest BCUT2D eigenvalue weighted by atomic mass is 10.0. The van der Waals surface area contributed by atoms with E-state index in [-0.39, 0.29) is 6.04 Å². The Morgan fingerprint density at radius 3 is 2.26 bits per heavy atom. The van der Waals surface area contributed by atoms with Gasteiger partial charge in [0.2, 0.25) is 0 Å². The zero-order valence-electron chi connectivity index (χ0n) is 11.4. The van der Waals surface area contributed by atoms with E-state index in [9.17, 15) is 0 Å². The quantitative estimate of drug-likeness (QED) is 0.805. The summed E-state index contributed by atoms with van der Waals surface area (Å²) in [6.45, 7) is 4.95. The largest absolute Gasteiger partial charge is 0.301 e. The van der Waals surface area contributed by atoms with Crippen molar-refractivity contribution in [3.63, 3.8) is 0 Å². The molecule has 19 heavy (non-hydrogen) atoms. The minimum absolute atomic E-state index is 0.0305. The molecular weight excluding hydrogens is 236 g/mol. The van der Waals surface area contributed by atoms with E-state index >= 15 is 0 Å². The van der Waals surface area contributed by atoms with Crippen molar-refractivity contribution in [2.75, 3.05) is 6.61 Å². The second kappa shape index (κ2) is 7.02. The molecule has 0 aliphatic carbocycles. The smallest absolute Gasteiger partial charge is 0.0822 e. The first-order valence-electron chi connectivity index (χ1n) is 6.59. The zero-order valence-corrected chi connectivity index (χ0v) is 11.4. The Morgan fingerprint density at radius 2 is 1.63 bits per heavy atom. The molecule has 0 spiro atoms. The van der Waals surface area contributed by atoms with Gasteiger partial charge in [0.25, 0.3) is 0 Å². The van der Waals surface area contributed by atoms with E-state index < -0.39 is 0 Å². The molecule has 1 atom stereocenters. The van der Waals surface area contributed by atoms with Crippen molar-refractivity contribution in [1.82, 2.24) is 10.5 Å². The van der Waals surface area contributed by atoms with Crippen LogP contribution in [0.25, 0.3) is 0 Å². The molecular formula is C16H20N2O. The Bertz CT molecular complexity index is 431. The average molecular weight is 256 g/mol. The van der Waals surface area contributed by atoms with Crippen molar-refractivity contribution in [2.24, 2.45) is 5.92 Å². The Labute approximate surface area is 114 Å². The number of aromatic nitrogens is 1. The number of pyridine rings is 1. The van der Waals surface area contributed by atoms with Crippen LogP contribution in [0, 0.1) is 5.92 Å². The number of nitrogens with one attached hydrogen (secondary N) is 1. The van der Waals surface area contributed by atoms with Gasteiger partial charge in [0.05, 0.1) is 12.6 Å². The van der Waals surface area contributed by atoms with E-state index in [0.717, 1.165) is 5.56 Å². The SMILES string of the molecule is CC(C)CONC(c1ccccc1)c1ccncc1. The van der Waals surface area contributed by atoms with Gasteiger partial charge in [-0.05, 0) is 29.2 Å². The van der Waals surface area contributed by atoms with Crippen molar-refractivity contribution in [3.8, 4) is 0 Å². The first-order valence-corrected chi connectivity index (χ1v) is 6.59. The predicted molar refractivity (Wildman–Crippen MR) is 76.4 cm³/mol. The van der Waals surface area contributed by atoms with Gasteiger partial charge in [0.15, 0.2) is 0 Å². The van der Waals surface area contributed by atoms with Crippen LogP contribution in [0.15, 0.2) is 54.9 Å². The molecule has 0 saturated carbocycles. The van der Waals surface area contributed by atoms with Crippen molar-refractivity contribution in [2.45, 2.75) is 19.9 Å². The topological polar surface area (TPSA) is 34.1 Å². The fourth-order valence-electron chi connectivity index (χ4n) is 1.83. The molecule has 1 N–H and O–H groups in total. The molecule has 0 fully saturated rings. The van der Waals surface area contributed by atoms with Gasteiger partial charge in [0.1, 0.15) is 0 Å². The van der Waals surface area contributed by atoms with Crippen LogP contribution in [0.5, 0.6) is 0 Å². The maximum atomic E-state index is 5.60. The molecule has 3 nitrogen and oxygen atoms in total. The molecule has 1 aromatic heterocycles. The summed E-state index contributed by atoms with van der Waals surface area (Å²) in [7, 11) is 0. The molecule has 0 aliphatic rings. The van der Waals surface area contributed by atoms with Crippen LogP contribution >= 0.6 is 0 Å². The minimum atomic E-state index is 0.0305. The van der Waals surface area contributed by atoms with Crippen molar-refractivity contribution < 1.29 is 4.84 Å². The highest BCUT2D eigenvalue weighted by Crippen LogP contribution is 2.21. The Balaban J connectivity index is 2.14. The summed E-state index contributed by atoms with van der Waals surface area (Å²) in [4.78, 5) is 9.66. The number of hydrogen-bond donors (Lipinski definition) is 1. The van der Waals surface area contributed by atoms with Gasteiger partial charge < -0.3 is 4.84 Å². The highest BCUT2D eigenvalue weighted by atomic mass is 16.6. The Hall–Kier alpha value is -1.71. The first kappa shape index (κ1) is 13.7. The maximum Gasteiger partial charge on any atom is 0.0822 e. The van der Waals surface area contributed by atoms with E-state index in [1.165, 1.54) is 5.56 Å². The predicted octanol–water partition coefficient (Wildman–Crippen LogP) is 3.35. The normalized spacial score (nSPS) is 12.6. The third kappa shape index (κ3) is 4.16. The van der Waals surface area contributed by atoms with E-state index in [4.69, 9.17) is 4.84 Å². The number of hydrogen-bond acceptors (Lipinski definition) is 3. The van der Waals surface area contributed by atoms with Gasteiger partial charge in [-0.25, -0.2) is 0 Å². The molecule has 0 bridgehead atoms. The minimum Gasteiger partial charge on any atom is -0.301 e. The third-order valence-corrected chi connectivity index (χ3v) is 2.79. The second-order valence-electron chi connectivity index (χ2n) is 4.95. The monoisotopic (exact) mass is 256 g/mol. The summed E-state index contributed by atoms with van der Waals surface area (Å²) >= 11 is 0. The summed E-state index contributed by atoms with van der Waals surface area (Å²) in [5.41, 5.74) is 5.48. The van der Waals surface area contributed by atoms with Gasteiger partial charge in [0, 0.05) is 12.4 Å². The number of rotatable bonds is 6. The lowest BCUT2D eigenvalue weighted by Gasteiger charge is -2.20. The molecule has 1 unspecified atom stereocenters. The molecule has 0 radical (unpaired) electrons. The summed E-state index contributed by atoms with van der Waals surface area (Å²) in [5, 5.41) is 0. The number of benzene rings is 1. The third-order valence-electron chi connectivity index (χ3n) is 2.79. The highest BCUT2D eigenvalue weighted by Gasteiger charge is 2.13. The van der Waals surface area contributed by atoms with Crippen LogP contribution in [0.3, 0.4) is 0 Å². The van der Waals surface area contributed by atoms with Crippen molar-refractivity contribution in [1.29, 1.82) is 0 Å². The lowest BCUT2D eigenvalue weighted by molar-refractivity contribution is 0.00838. The number of hydroxylamine groups is 1. The standard InChI is InChI=1S/C16H20N2O/c1-13(2)12-19-18-16(14-6-4-3-5-7-14)15-8-10-17-11-9-15/h3-11,13,16,18H,12H2,1-2H3. The molecule has 2 rings (SSSR count). The zero-order chi connectivity index (χ0) is 13.5. The fraction of sp³-hybridized carbons (Fsp3) is 0.312. The van der Waals surface area contributed by atoms with E-state index in [2.05, 4.69) is 36.4 Å². The molecule has 0 amide bonds. The summed E-state index contributed by atoms with van der Waals surface area (Å²) in [6.07, 6.45) is 3.60. The van der Waals surface area contributed by atoms with Crippen LogP contribution < -0.4 is 5.48 Å². The number of nitrogens with zero attached hydrogens (tertiary/aromatic N) is 1. The molecule has 1 heterocycles. The van der Waals surface area contributed by atoms with Crippen LogP contribution in [0.2, 0.25) is 0 Å². The van der Waals surface area contributed by atoms with E-state index in [1.807, 2.05) is 30.3 Å². The summed E-state index contributed by atoms with van der Waals surface area (Å²) < 4.78 is 0. The van der Waals surface area contributed by atoms with Crippen LogP contribution in [0.1, 0.15) is 31.0 Å². The van der Waals surface area contributed by atoms with Gasteiger partial charge in [-0.3, -0.25) is 4.98 Å². The van der Waals surface area contributed by atoms with Crippen molar-refractivity contribution in [3.05, 3.63) is 66.0 Å². The molecule has 100 valence electrons. The van der Waals surface area contributed by atoms with Crippen LogP contribution in [-0.2, 0) is 4.84 Å². The average Bonchev–Trinajstić information content (AvgIpc) is 2.45. The fourth-order valence-corrected chi connectivity index (χ4v) is 1.83. The first-order chi connectivity index (χ1) is 9.27. The van der Waals surface area contributed by atoms with Crippen molar-refractivity contribution >= 4 is 0 Å².